The zero-order valence-corrected chi connectivity index (χ0v) is 23.4. The Bertz CT molecular complexity index is 1750. The molecule has 1 aliphatic heterocycles. The van der Waals surface area contributed by atoms with Gasteiger partial charge in [-0.05, 0) is 30.5 Å². The van der Waals surface area contributed by atoms with Crippen LogP contribution in [0.1, 0.15) is 50.0 Å². The van der Waals surface area contributed by atoms with E-state index in [1.165, 1.54) is 10.6 Å². The lowest BCUT2D eigenvalue weighted by molar-refractivity contribution is 0.0457. The predicted molar refractivity (Wildman–Crippen MR) is 150 cm³/mol. The zero-order chi connectivity index (χ0) is 31.4. The van der Waals surface area contributed by atoms with Gasteiger partial charge in [-0.1, -0.05) is 36.4 Å². The van der Waals surface area contributed by atoms with E-state index in [1.54, 1.807) is 42.5 Å². The molecule has 0 radical (unpaired) electrons. The first-order valence-electron chi connectivity index (χ1n) is 13.5. The van der Waals surface area contributed by atoms with Crippen molar-refractivity contribution in [1.29, 1.82) is 0 Å². The summed E-state index contributed by atoms with van der Waals surface area (Å²) < 4.78 is 73.6. The van der Waals surface area contributed by atoms with Crippen molar-refractivity contribution in [1.82, 2.24) is 4.57 Å². The Kier molecular flexibility index (Phi) is 8.98. The van der Waals surface area contributed by atoms with Gasteiger partial charge in [0.05, 0.1) is 18.7 Å². The molecule has 1 aromatic heterocycles. The average molecular weight is 611 g/mol. The maximum absolute atomic E-state index is 14.6. The summed E-state index contributed by atoms with van der Waals surface area (Å²) >= 11 is 0. The van der Waals surface area contributed by atoms with Gasteiger partial charge in [0.25, 0.3) is 0 Å². The maximum Gasteiger partial charge on any atom is 0.358 e. The highest BCUT2D eigenvalue weighted by molar-refractivity contribution is 5.94. The van der Waals surface area contributed by atoms with Crippen molar-refractivity contribution in [3.63, 3.8) is 0 Å². The minimum absolute atomic E-state index is 0.155. The van der Waals surface area contributed by atoms with E-state index in [9.17, 15) is 31.9 Å². The van der Waals surface area contributed by atoms with Crippen LogP contribution in [-0.4, -0.2) is 30.2 Å². The van der Waals surface area contributed by atoms with Gasteiger partial charge in [0.2, 0.25) is 5.43 Å². The minimum Gasteiger partial charge on any atom is -0.482 e. The van der Waals surface area contributed by atoms with Crippen LogP contribution in [0.5, 0.6) is 5.75 Å². The molecular weight excluding hydrogens is 584 g/mol. The first-order valence-corrected chi connectivity index (χ1v) is 13.5. The van der Waals surface area contributed by atoms with Crippen molar-refractivity contribution < 1.29 is 41.4 Å². The fraction of sp³-hybridized carbons (Fsp3) is 0.219. The molecule has 0 saturated carbocycles. The molecule has 1 unspecified atom stereocenters. The Hall–Kier alpha value is -5.13. The third-order valence-electron chi connectivity index (χ3n) is 7.24. The molecule has 0 bridgehead atoms. The second-order valence-corrected chi connectivity index (χ2v) is 9.99. The molecule has 12 heteroatoms. The lowest BCUT2D eigenvalue weighted by Gasteiger charge is -2.24. The summed E-state index contributed by atoms with van der Waals surface area (Å²) in [7, 11) is 1.11. The van der Waals surface area contributed by atoms with E-state index in [0.29, 0.717) is 28.9 Å². The monoisotopic (exact) mass is 610 g/mol. The van der Waals surface area contributed by atoms with E-state index in [2.05, 4.69) is 5.32 Å². The molecule has 3 aromatic carbocycles. The number of anilines is 1. The summed E-state index contributed by atoms with van der Waals surface area (Å²) in [4.78, 5) is 40.1. The topological polar surface area (TPSA) is 95.9 Å². The van der Waals surface area contributed by atoms with Crippen LogP contribution >= 0.6 is 0 Å². The normalized spacial score (nSPS) is 14.2. The van der Waals surface area contributed by atoms with Crippen molar-refractivity contribution in [2.75, 3.05) is 19.0 Å². The molecule has 5 rings (SSSR count). The second kappa shape index (κ2) is 13.0. The Morgan fingerprint density at radius 3 is 2.36 bits per heavy atom. The van der Waals surface area contributed by atoms with Gasteiger partial charge >= 0.3 is 11.9 Å². The van der Waals surface area contributed by atoms with Crippen LogP contribution in [-0.2, 0) is 29.1 Å². The smallest absolute Gasteiger partial charge is 0.358 e. The van der Waals surface area contributed by atoms with Gasteiger partial charge in [-0.25, -0.2) is 27.2 Å². The number of carbonyl (C=O) groups excluding carboxylic acids is 2. The van der Waals surface area contributed by atoms with Crippen LogP contribution in [0.25, 0.3) is 0 Å². The molecule has 1 N–H and O–H groups in total. The summed E-state index contributed by atoms with van der Waals surface area (Å²) in [6, 6.07) is 13.5. The summed E-state index contributed by atoms with van der Waals surface area (Å²) in [5.41, 5.74) is -1.02. The summed E-state index contributed by atoms with van der Waals surface area (Å²) in [5, 5.41) is 3.14. The van der Waals surface area contributed by atoms with Gasteiger partial charge < -0.3 is 24.1 Å². The number of pyridine rings is 1. The highest BCUT2D eigenvalue weighted by atomic mass is 19.1. The number of esters is 2. The lowest BCUT2D eigenvalue weighted by Crippen LogP contribution is -2.31. The van der Waals surface area contributed by atoms with Crippen molar-refractivity contribution >= 4 is 17.6 Å². The van der Waals surface area contributed by atoms with E-state index in [4.69, 9.17) is 14.2 Å². The number of methoxy groups -OCH3 is 1. The Morgan fingerprint density at radius 1 is 0.932 bits per heavy atom. The van der Waals surface area contributed by atoms with E-state index < -0.39 is 70.2 Å². The van der Waals surface area contributed by atoms with Crippen molar-refractivity contribution in [2.24, 2.45) is 0 Å². The largest absolute Gasteiger partial charge is 0.482 e. The van der Waals surface area contributed by atoms with Gasteiger partial charge in [-0.3, -0.25) is 4.79 Å². The summed E-state index contributed by atoms with van der Waals surface area (Å²) in [6.45, 7) is -0.958. The predicted octanol–water partition coefficient (Wildman–Crippen LogP) is 5.73. The number of rotatable bonds is 8. The van der Waals surface area contributed by atoms with Gasteiger partial charge in [0.1, 0.15) is 42.0 Å². The molecule has 0 saturated heterocycles. The molecule has 0 amide bonds. The number of nitrogens with zero attached hydrogens (tertiary/aromatic N) is 1. The number of hydrogen-bond donors (Lipinski definition) is 1. The SMILES string of the molecule is COC(=O)c1c(OCc2ccccc2)c(=O)c(C(=O)OCc2c(F)cc(F)cc2F)cn1C1CCc2c(F)cccc2NC1. The molecule has 44 heavy (non-hydrogen) atoms. The van der Waals surface area contributed by atoms with Crippen LogP contribution in [0.2, 0.25) is 0 Å². The van der Waals surface area contributed by atoms with E-state index in [1.807, 2.05) is 0 Å². The summed E-state index contributed by atoms with van der Waals surface area (Å²) in [6.07, 6.45) is 1.60. The number of halogens is 4. The number of fused-ring (bicyclic) bond motifs is 1. The third-order valence-corrected chi connectivity index (χ3v) is 7.24. The lowest BCUT2D eigenvalue weighted by atomic mass is 10.0. The quantitative estimate of drug-likeness (QED) is 0.201. The standard InChI is InChI=1S/C32H26F4N2O6/c1-42-32(41)28-30(43-16-18-6-3-2-4-7-18)29(39)22(31(40)44-17-23-25(35)12-19(33)13-26(23)36)15-38(28)20-10-11-21-24(34)8-5-9-27(21)37-14-20/h2-9,12-13,15,20,37H,10-11,14,16-17H2,1H3. The average Bonchev–Trinajstić information content (AvgIpc) is 3.23. The first kappa shape index (κ1) is 30.3. The number of carbonyl (C=O) groups is 2. The van der Waals surface area contributed by atoms with Crippen LogP contribution in [0.3, 0.4) is 0 Å². The number of nitrogens with one attached hydrogen (secondary N) is 1. The number of ether oxygens (including phenoxy) is 3. The molecule has 0 aliphatic carbocycles. The fourth-order valence-corrected chi connectivity index (χ4v) is 4.98. The van der Waals surface area contributed by atoms with Crippen LogP contribution in [0, 0.1) is 23.3 Å². The first-order chi connectivity index (χ1) is 21.2. The van der Waals surface area contributed by atoms with Crippen molar-refractivity contribution in [3.05, 3.63) is 128 Å². The molecule has 0 fully saturated rings. The van der Waals surface area contributed by atoms with Crippen LogP contribution in [0.4, 0.5) is 23.2 Å². The second-order valence-electron chi connectivity index (χ2n) is 9.99. The molecule has 4 aromatic rings. The van der Waals surface area contributed by atoms with Crippen LogP contribution < -0.4 is 15.5 Å². The van der Waals surface area contributed by atoms with Crippen molar-refractivity contribution in [2.45, 2.75) is 32.1 Å². The molecule has 0 spiro atoms. The van der Waals surface area contributed by atoms with E-state index in [0.717, 1.165) is 13.3 Å². The molecule has 228 valence electrons. The minimum atomic E-state index is -1.28. The van der Waals surface area contributed by atoms with Gasteiger partial charge in [-0.15, -0.1) is 0 Å². The van der Waals surface area contributed by atoms with Crippen LogP contribution in [0.15, 0.2) is 71.7 Å². The van der Waals surface area contributed by atoms with Crippen molar-refractivity contribution in [3.8, 4) is 5.75 Å². The van der Waals surface area contributed by atoms with Gasteiger partial charge in [0, 0.05) is 36.1 Å². The molecule has 2 heterocycles. The highest BCUT2D eigenvalue weighted by Crippen LogP contribution is 2.31. The highest BCUT2D eigenvalue weighted by Gasteiger charge is 2.31. The van der Waals surface area contributed by atoms with E-state index >= 15 is 0 Å². The Morgan fingerprint density at radius 2 is 1.66 bits per heavy atom. The Labute approximate surface area is 248 Å². The zero-order valence-electron chi connectivity index (χ0n) is 23.4. The molecule has 8 nitrogen and oxygen atoms in total. The number of benzene rings is 3. The Balaban J connectivity index is 1.57. The summed E-state index contributed by atoms with van der Waals surface area (Å²) in [5.74, 6) is -6.86. The number of aromatic nitrogens is 1. The van der Waals surface area contributed by atoms with E-state index in [-0.39, 0.29) is 31.7 Å². The molecular formula is C32H26F4N2O6. The third kappa shape index (κ3) is 6.29. The number of hydrogen-bond acceptors (Lipinski definition) is 7. The van der Waals surface area contributed by atoms with Gasteiger partial charge in [0.15, 0.2) is 11.4 Å². The maximum atomic E-state index is 14.6. The fourth-order valence-electron chi connectivity index (χ4n) is 4.98. The van der Waals surface area contributed by atoms with Gasteiger partial charge in [-0.2, -0.15) is 0 Å². The molecule has 1 atom stereocenters. The molecule has 1 aliphatic rings.